The molecule has 0 amide bonds. The van der Waals surface area contributed by atoms with Gasteiger partial charge in [0.05, 0.1) is 0 Å². The van der Waals surface area contributed by atoms with Crippen LogP contribution in [0.5, 0.6) is 0 Å². The van der Waals surface area contributed by atoms with Crippen molar-refractivity contribution in [1.29, 1.82) is 0 Å². The molecular formula is C4H5NO2S. The van der Waals surface area contributed by atoms with Gasteiger partial charge in [-0.25, -0.2) is 4.79 Å². The number of carbonyl (C=O) groups is 1. The molecule has 0 aromatic rings. The summed E-state index contributed by atoms with van der Waals surface area (Å²) in [6.07, 6.45) is 0. The first-order chi connectivity index (χ1) is 3.70. The molecule has 0 aromatic heterocycles. The van der Waals surface area contributed by atoms with Crippen molar-refractivity contribution < 1.29 is 9.53 Å². The van der Waals surface area contributed by atoms with Gasteiger partial charge in [0.25, 0.3) is 5.17 Å². The fourth-order valence-electron chi connectivity index (χ4n) is 0.466. The van der Waals surface area contributed by atoms with E-state index in [1.165, 1.54) is 0 Å². The van der Waals surface area contributed by atoms with Crippen LogP contribution in [-0.4, -0.2) is 29.6 Å². The van der Waals surface area contributed by atoms with E-state index < -0.39 is 0 Å². The quantitative estimate of drug-likeness (QED) is 0.335. The van der Waals surface area contributed by atoms with Crippen molar-refractivity contribution in [2.24, 2.45) is 0 Å². The van der Waals surface area contributed by atoms with Gasteiger partial charge in [-0.15, -0.1) is 0 Å². The molecule has 4 heteroatoms. The molecule has 0 atom stereocenters. The fraction of sp³-hybridized carbons (Fsp3) is 0.500. The third-order valence-electron chi connectivity index (χ3n) is 0.879. The Morgan fingerprint density at radius 2 is 2.50 bits per heavy atom. The highest BCUT2D eigenvalue weighted by molar-refractivity contribution is 7.80. The molecule has 1 rings (SSSR count). The number of ether oxygens (including phenoxy) is 1. The fourth-order valence-corrected chi connectivity index (χ4v) is 0.623. The van der Waals surface area contributed by atoms with Gasteiger partial charge in [0, 0.05) is 7.05 Å². The first kappa shape index (κ1) is 5.50. The van der Waals surface area contributed by atoms with Crippen molar-refractivity contribution in [3.05, 3.63) is 0 Å². The number of likely N-dealkylation sites (N-methyl/N-ethyl adjacent to an activating group) is 1. The normalized spacial score (nSPS) is 19.4. The highest BCUT2D eigenvalue weighted by Crippen LogP contribution is 1.99. The van der Waals surface area contributed by atoms with E-state index in [4.69, 9.17) is 0 Å². The van der Waals surface area contributed by atoms with Crippen molar-refractivity contribution in [1.82, 2.24) is 4.90 Å². The van der Waals surface area contributed by atoms with E-state index in [0.29, 0.717) is 6.54 Å². The molecule has 8 heavy (non-hydrogen) atoms. The monoisotopic (exact) mass is 131 g/mol. The van der Waals surface area contributed by atoms with Gasteiger partial charge in [-0.05, 0) is 12.2 Å². The van der Waals surface area contributed by atoms with Crippen LogP contribution in [0.25, 0.3) is 0 Å². The van der Waals surface area contributed by atoms with Crippen LogP contribution in [0.3, 0.4) is 0 Å². The lowest BCUT2D eigenvalue weighted by atomic mass is 10.6. The lowest BCUT2D eigenvalue weighted by Gasteiger charge is -2.01. The highest BCUT2D eigenvalue weighted by Gasteiger charge is 2.21. The highest BCUT2D eigenvalue weighted by atomic mass is 32.1. The van der Waals surface area contributed by atoms with Crippen LogP contribution < -0.4 is 0 Å². The van der Waals surface area contributed by atoms with E-state index in [0.717, 1.165) is 0 Å². The van der Waals surface area contributed by atoms with E-state index in [-0.39, 0.29) is 11.1 Å². The maximum Gasteiger partial charge on any atom is 0.332 e. The van der Waals surface area contributed by atoms with Gasteiger partial charge in [-0.3, -0.25) is 0 Å². The van der Waals surface area contributed by atoms with Crippen molar-refractivity contribution in [2.75, 3.05) is 13.6 Å². The van der Waals surface area contributed by atoms with Gasteiger partial charge in [-0.2, -0.15) is 0 Å². The van der Waals surface area contributed by atoms with Crippen LogP contribution >= 0.6 is 12.2 Å². The Hall–Kier alpha value is -0.640. The van der Waals surface area contributed by atoms with E-state index in [2.05, 4.69) is 17.0 Å². The molecule has 0 N–H and O–H groups in total. The predicted molar refractivity (Wildman–Crippen MR) is 31.3 cm³/mol. The molecule has 0 saturated carbocycles. The zero-order chi connectivity index (χ0) is 6.15. The molecule has 1 aliphatic rings. The second kappa shape index (κ2) is 1.70. The van der Waals surface area contributed by atoms with Gasteiger partial charge < -0.3 is 9.64 Å². The minimum Gasteiger partial charge on any atom is -0.398 e. The first-order valence-electron chi connectivity index (χ1n) is 2.16. The van der Waals surface area contributed by atoms with Crippen LogP contribution in [0.1, 0.15) is 0 Å². The summed E-state index contributed by atoms with van der Waals surface area (Å²) >= 11 is 4.60. The molecule has 1 aliphatic heterocycles. The Kier molecular flexibility index (Phi) is 1.17. The Bertz CT molecular complexity index is 145. The average molecular weight is 131 g/mol. The summed E-state index contributed by atoms with van der Waals surface area (Å²) in [5.41, 5.74) is 0. The van der Waals surface area contributed by atoms with Crippen LogP contribution in [0.4, 0.5) is 0 Å². The number of hydrogen-bond donors (Lipinski definition) is 0. The summed E-state index contributed by atoms with van der Waals surface area (Å²) < 4.78 is 4.49. The van der Waals surface area contributed by atoms with E-state index in [1.807, 2.05) is 0 Å². The van der Waals surface area contributed by atoms with Crippen molar-refractivity contribution in [2.45, 2.75) is 0 Å². The molecule has 44 valence electrons. The SMILES string of the molecule is CN1CC(=O)OC1=S. The zero-order valence-electron chi connectivity index (χ0n) is 4.38. The maximum atomic E-state index is 10.3. The Balaban J connectivity index is 2.64. The minimum absolute atomic E-state index is 0.266. The van der Waals surface area contributed by atoms with E-state index >= 15 is 0 Å². The molecule has 0 spiro atoms. The Morgan fingerprint density at radius 1 is 1.88 bits per heavy atom. The van der Waals surface area contributed by atoms with Gasteiger partial charge >= 0.3 is 5.97 Å². The predicted octanol–water partition coefficient (Wildman–Crippen LogP) is -0.240. The van der Waals surface area contributed by atoms with Gasteiger partial charge in [-0.1, -0.05) is 0 Å². The molecular weight excluding hydrogens is 126 g/mol. The topological polar surface area (TPSA) is 29.5 Å². The van der Waals surface area contributed by atoms with Gasteiger partial charge in [0.15, 0.2) is 0 Å². The first-order valence-corrected chi connectivity index (χ1v) is 2.57. The molecule has 1 heterocycles. The van der Waals surface area contributed by atoms with Crippen molar-refractivity contribution >= 4 is 23.4 Å². The summed E-state index contributed by atoms with van der Waals surface area (Å²) in [6.45, 7) is 0.291. The van der Waals surface area contributed by atoms with Crippen molar-refractivity contribution in [3.63, 3.8) is 0 Å². The number of rotatable bonds is 0. The summed E-state index contributed by atoms with van der Waals surface area (Å²) in [7, 11) is 1.72. The molecule has 1 fully saturated rings. The minimum atomic E-state index is -0.266. The van der Waals surface area contributed by atoms with Gasteiger partial charge in [0.1, 0.15) is 6.54 Å². The maximum absolute atomic E-state index is 10.3. The molecule has 0 bridgehead atoms. The third-order valence-corrected chi connectivity index (χ3v) is 1.27. The second-order valence-corrected chi connectivity index (χ2v) is 1.95. The number of cyclic esters (lactones) is 1. The summed E-state index contributed by atoms with van der Waals surface area (Å²) in [5.74, 6) is -0.266. The summed E-state index contributed by atoms with van der Waals surface area (Å²) in [4.78, 5) is 11.9. The van der Waals surface area contributed by atoms with Gasteiger partial charge in [0.2, 0.25) is 0 Å². The summed E-state index contributed by atoms with van der Waals surface area (Å²) in [5, 5.41) is 0.273. The van der Waals surface area contributed by atoms with Crippen LogP contribution in [0.2, 0.25) is 0 Å². The molecule has 0 aliphatic carbocycles. The smallest absolute Gasteiger partial charge is 0.332 e. The van der Waals surface area contributed by atoms with Crippen LogP contribution in [-0.2, 0) is 9.53 Å². The number of hydrogen-bond acceptors (Lipinski definition) is 3. The molecule has 0 unspecified atom stereocenters. The zero-order valence-corrected chi connectivity index (χ0v) is 5.20. The largest absolute Gasteiger partial charge is 0.398 e. The summed E-state index contributed by atoms with van der Waals surface area (Å²) in [6, 6.07) is 0. The molecule has 3 nitrogen and oxygen atoms in total. The molecule has 0 aromatic carbocycles. The number of thiocarbonyl (C=S) groups is 1. The average Bonchev–Trinajstić information content (AvgIpc) is 1.85. The van der Waals surface area contributed by atoms with Crippen LogP contribution in [0, 0.1) is 0 Å². The van der Waals surface area contributed by atoms with Crippen molar-refractivity contribution in [3.8, 4) is 0 Å². The number of carbonyl (C=O) groups excluding carboxylic acids is 1. The number of esters is 1. The lowest BCUT2D eigenvalue weighted by molar-refractivity contribution is -0.132. The molecule has 1 saturated heterocycles. The Morgan fingerprint density at radius 3 is 2.62 bits per heavy atom. The third kappa shape index (κ3) is 0.790. The van der Waals surface area contributed by atoms with E-state index in [9.17, 15) is 4.79 Å². The standard InChI is InChI=1S/C4H5NO2S/c1-5-2-3(6)7-4(5)8/h2H2,1H3. The lowest BCUT2D eigenvalue weighted by Crippen LogP contribution is -2.17. The second-order valence-electron chi connectivity index (χ2n) is 1.60. The Labute approximate surface area is 52.2 Å². The van der Waals surface area contributed by atoms with Crippen LogP contribution in [0.15, 0.2) is 0 Å². The molecule has 0 radical (unpaired) electrons. The van der Waals surface area contributed by atoms with E-state index in [1.54, 1.807) is 11.9 Å². The number of nitrogens with zero attached hydrogens (tertiary/aromatic N) is 1.